The van der Waals surface area contributed by atoms with Crippen molar-refractivity contribution in [2.75, 3.05) is 0 Å². The van der Waals surface area contributed by atoms with Crippen LogP contribution in [0.4, 0.5) is 5.69 Å². The third-order valence-electron chi connectivity index (χ3n) is 0.912. The Kier molecular flexibility index (Phi) is 6.15. The first-order valence-electron chi connectivity index (χ1n) is 2.52. The molecule has 1 aromatic carbocycles. The SMILES string of the molecule is O=N[N-]c1ccccc1.[K+]. The maximum Gasteiger partial charge on any atom is 1.00 e. The fourth-order valence-corrected chi connectivity index (χ4v) is 0.542. The van der Waals surface area contributed by atoms with Gasteiger partial charge in [-0.25, -0.2) is 0 Å². The van der Waals surface area contributed by atoms with Crippen molar-refractivity contribution in [1.29, 1.82) is 0 Å². The molecule has 0 heterocycles. The summed E-state index contributed by atoms with van der Waals surface area (Å²) in [4.78, 5) is 9.56. The molecule has 0 radical (unpaired) electrons. The third-order valence-corrected chi connectivity index (χ3v) is 0.912. The van der Waals surface area contributed by atoms with Crippen LogP contribution in [0.5, 0.6) is 0 Å². The second-order valence-electron chi connectivity index (χ2n) is 1.52. The first kappa shape index (κ1) is 10.3. The van der Waals surface area contributed by atoms with Crippen LogP contribution < -0.4 is 51.4 Å². The summed E-state index contributed by atoms with van der Waals surface area (Å²) in [5.41, 5.74) is 3.87. The third kappa shape index (κ3) is 3.43. The van der Waals surface area contributed by atoms with Gasteiger partial charge in [-0.15, -0.1) is 11.0 Å². The number of nitroso groups, excluding NO2 is 1. The van der Waals surface area contributed by atoms with Crippen LogP contribution in [0.2, 0.25) is 0 Å². The minimum atomic E-state index is 0. The second-order valence-corrected chi connectivity index (χ2v) is 1.52. The van der Waals surface area contributed by atoms with Crippen molar-refractivity contribution in [3.63, 3.8) is 0 Å². The molecule has 0 bridgehead atoms. The Morgan fingerprint density at radius 2 is 1.80 bits per heavy atom. The molecule has 0 aliphatic rings. The summed E-state index contributed by atoms with van der Waals surface area (Å²) in [6.07, 6.45) is 0. The molecule has 0 spiro atoms. The van der Waals surface area contributed by atoms with E-state index in [0.717, 1.165) is 0 Å². The van der Waals surface area contributed by atoms with Crippen LogP contribution >= 0.6 is 0 Å². The molecule has 0 aliphatic carbocycles. The van der Waals surface area contributed by atoms with Crippen molar-refractivity contribution in [1.82, 2.24) is 0 Å². The minimum absolute atomic E-state index is 0. The zero-order valence-electron chi connectivity index (χ0n) is 5.69. The Balaban J connectivity index is 0.000000810. The van der Waals surface area contributed by atoms with Gasteiger partial charge in [0.2, 0.25) is 0 Å². The predicted octanol–water partition coefficient (Wildman–Crippen LogP) is -0.623. The van der Waals surface area contributed by atoms with Gasteiger partial charge in [0.25, 0.3) is 0 Å². The van der Waals surface area contributed by atoms with Gasteiger partial charge in [0.05, 0.1) is 0 Å². The molecule has 46 valence electrons. The summed E-state index contributed by atoms with van der Waals surface area (Å²) < 4.78 is 0. The Morgan fingerprint density at radius 1 is 1.20 bits per heavy atom. The first-order chi connectivity index (χ1) is 4.43. The summed E-state index contributed by atoms with van der Waals surface area (Å²) in [6, 6.07) is 8.86. The smallest absolute Gasteiger partial charge is 0.537 e. The van der Waals surface area contributed by atoms with Gasteiger partial charge >= 0.3 is 51.4 Å². The minimum Gasteiger partial charge on any atom is -0.537 e. The fraction of sp³-hybridized carbons (Fsp3) is 0. The molecule has 3 nitrogen and oxygen atoms in total. The van der Waals surface area contributed by atoms with E-state index in [1.54, 1.807) is 24.3 Å². The van der Waals surface area contributed by atoms with E-state index in [9.17, 15) is 4.91 Å². The van der Waals surface area contributed by atoms with Crippen molar-refractivity contribution >= 4 is 5.69 Å². The van der Waals surface area contributed by atoms with E-state index in [1.807, 2.05) is 6.07 Å². The summed E-state index contributed by atoms with van der Waals surface area (Å²) >= 11 is 0. The summed E-state index contributed by atoms with van der Waals surface area (Å²) in [7, 11) is 0. The molecule has 0 atom stereocenters. The van der Waals surface area contributed by atoms with Crippen molar-refractivity contribution in [2.45, 2.75) is 0 Å². The first-order valence-corrected chi connectivity index (χ1v) is 2.52. The molecular formula is C6H5KN2O. The van der Waals surface area contributed by atoms with Crippen molar-refractivity contribution in [3.05, 3.63) is 40.7 Å². The maximum absolute atomic E-state index is 9.56. The van der Waals surface area contributed by atoms with Crippen molar-refractivity contribution < 1.29 is 51.4 Å². The second kappa shape index (κ2) is 6.00. The molecule has 0 aromatic heterocycles. The van der Waals surface area contributed by atoms with Crippen LogP contribution in [0, 0.1) is 4.91 Å². The zero-order chi connectivity index (χ0) is 6.53. The molecule has 0 aliphatic heterocycles. The molecule has 1 rings (SSSR count). The van der Waals surface area contributed by atoms with Crippen LogP contribution in [-0.4, -0.2) is 0 Å². The van der Waals surface area contributed by atoms with Gasteiger partial charge < -0.3 is 5.43 Å². The molecular weight excluding hydrogens is 155 g/mol. The quantitative estimate of drug-likeness (QED) is 0.323. The van der Waals surface area contributed by atoms with Gasteiger partial charge in [-0.05, 0) is 0 Å². The van der Waals surface area contributed by atoms with E-state index in [4.69, 9.17) is 0 Å². The van der Waals surface area contributed by atoms with Crippen molar-refractivity contribution in [3.8, 4) is 0 Å². The summed E-state index contributed by atoms with van der Waals surface area (Å²) in [6.45, 7) is 0. The maximum atomic E-state index is 9.56. The van der Waals surface area contributed by atoms with E-state index in [1.165, 1.54) is 0 Å². The Hall–Kier alpha value is 0.256. The van der Waals surface area contributed by atoms with E-state index < -0.39 is 0 Å². The van der Waals surface area contributed by atoms with Crippen LogP contribution in [0.25, 0.3) is 5.43 Å². The summed E-state index contributed by atoms with van der Waals surface area (Å²) in [5.74, 6) is 0. The molecule has 0 saturated heterocycles. The Bertz CT molecular complexity index is 190. The molecule has 4 heteroatoms. The number of hydrogen-bond donors (Lipinski definition) is 0. The fourth-order valence-electron chi connectivity index (χ4n) is 0.542. The molecule has 10 heavy (non-hydrogen) atoms. The number of benzene rings is 1. The standard InChI is InChI=1S/C6H6N2O.K/c9-8-7-6-4-2-1-3-5-6;/h1-5H,(H,7,9);/q;+1/p-1. The van der Waals surface area contributed by atoms with Gasteiger partial charge in [0.1, 0.15) is 0 Å². The molecule has 0 unspecified atom stereocenters. The number of hydrogen-bond acceptors (Lipinski definition) is 2. The molecule has 0 saturated carbocycles. The van der Waals surface area contributed by atoms with Gasteiger partial charge in [-0.1, -0.05) is 30.3 Å². The normalized spacial score (nSPS) is 7.60. The van der Waals surface area contributed by atoms with Gasteiger partial charge in [-0.3, -0.25) is 0 Å². The van der Waals surface area contributed by atoms with Gasteiger partial charge in [0.15, 0.2) is 0 Å². The van der Waals surface area contributed by atoms with Crippen molar-refractivity contribution in [2.24, 2.45) is 5.29 Å². The molecule has 1 aromatic rings. The van der Waals surface area contributed by atoms with Crippen LogP contribution in [0.3, 0.4) is 0 Å². The van der Waals surface area contributed by atoms with E-state index in [-0.39, 0.29) is 51.4 Å². The van der Waals surface area contributed by atoms with Crippen LogP contribution in [-0.2, 0) is 0 Å². The monoisotopic (exact) mass is 160 g/mol. The largest absolute Gasteiger partial charge is 1.00 e. The Morgan fingerprint density at radius 3 is 2.30 bits per heavy atom. The number of rotatable bonds is 2. The average molecular weight is 160 g/mol. The van der Waals surface area contributed by atoms with E-state index in [0.29, 0.717) is 5.69 Å². The van der Waals surface area contributed by atoms with E-state index >= 15 is 0 Å². The topological polar surface area (TPSA) is 43.5 Å². The van der Waals surface area contributed by atoms with Gasteiger partial charge in [-0.2, -0.15) is 4.91 Å². The Labute approximate surface area is 102 Å². The number of nitrogens with zero attached hydrogens (tertiary/aromatic N) is 2. The molecule has 0 fully saturated rings. The predicted molar refractivity (Wildman–Crippen MR) is 35.3 cm³/mol. The molecule has 0 amide bonds. The van der Waals surface area contributed by atoms with Gasteiger partial charge in [0, 0.05) is 0 Å². The van der Waals surface area contributed by atoms with Crippen LogP contribution in [0.15, 0.2) is 35.6 Å². The van der Waals surface area contributed by atoms with E-state index in [2.05, 4.69) is 10.7 Å². The molecule has 0 N–H and O–H groups in total. The zero-order valence-corrected chi connectivity index (χ0v) is 8.81. The average Bonchev–Trinajstić information content (AvgIpc) is 1.91. The van der Waals surface area contributed by atoms with Crippen LogP contribution in [0.1, 0.15) is 0 Å². The summed E-state index contributed by atoms with van der Waals surface area (Å²) in [5, 5.41) is 2.38.